The normalized spacial score (nSPS) is 15.8. The summed E-state index contributed by atoms with van der Waals surface area (Å²) in [5.74, 6) is 2.17. The van der Waals surface area contributed by atoms with Gasteiger partial charge in [0.05, 0.1) is 16.6 Å². The van der Waals surface area contributed by atoms with Gasteiger partial charge in [0.15, 0.2) is 6.61 Å². The Morgan fingerprint density at radius 1 is 1.19 bits per heavy atom. The molecule has 0 saturated carbocycles. The van der Waals surface area contributed by atoms with Gasteiger partial charge in [0.25, 0.3) is 11.8 Å². The van der Waals surface area contributed by atoms with Gasteiger partial charge in [0.2, 0.25) is 0 Å². The molecule has 1 atom stereocenters. The minimum atomic E-state index is -0.390. The third kappa shape index (κ3) is 3.60. The lowest BCUT2D eigenvalue weighted by molar-refractivity contribution is 0.0439. The first-order valence-electron chi connectivity index (χ1n) is 10.5. The predicted octanol–water partition coefficient (Wildman–Crippen LogP) is 4.98. The van der Waals surface area contributed by atoms with Gasteiger partial charge >= 0.3 is 5.97 Å². The van der Waals surface area contributed by atoms with Crippen LogP contribution in [0, 0.1) is 19.8 Å². The van der Waals surface area contributed by atoms with Gasteiger partial charge in [-0.15, -0.1) is 10.2 Å². The summed E-state index contributed by atoms with van der Waals surface area (Å²) in [5.41, 5.74) is 4.15. The number of nitrogens with zero attached hydrogens (tertiary/aromatic N) is 3. The van der Waals surface area contributed by atoms with Crippen molar-refractivity contribution in [2.24, 2.45) is 5.92 Å². The molecule has 7 heteroatoms. The van der Waals surface area contributed by atoms with Crippen LogP contribution >= 0.6 is 0 Å². The fourth-order valence-electron chi connectivity index (χ4n) is 4.26. The summed E-state index contributed by atoms with van der Waals surface area (Å²) < 4.78 is 16.8. The number of hydrogen-bond acceptors (Lipinski definition) is 7. The van der Waals surface area contributed by atoms with E-state index in [1.165, 1.54) is 0 Å². The molecule has 4 aromatic rings. The molecule has 0 fully saturated rings. The van der Waals surface area contributed by atoms with Crippen molar-refractivity contribution < 1.29 is 18.4 Å². The van der Waals surface area contributed by atoms with Gasteiger partial charge in [-0.25, -0.2) is 4.79 Å². The van der Waals surface area contributed by atoms with E-state index < -0.39 is 0 Å². The molecule has 1 aliphatic carbocycles. The lowest BCUT2D eigenvalue weighted by atomic mass is 9.84. The summed E-state index contributed by atoms with van der Waals surface area (Å²) in [5, 5.41) is 8.90. The second-order valence-electron chi connectivity index (χ2n) is 8.18. The molecule has 7 nitrogen and oxygen atoms in total. The zero-order valence-corrected chi connectivity index (χ0v) is 17.8. The van der Waals surface area contributed by atoms with E-state index in [0.717, 1.165) is 52.7 Å². The highest BCUT2D eigenvalue weighted by molar-refractivity contribution is 6.05. The number of furan rings is 1. The van der Waals surface area contributed by atoms with Crippen LogP contribution in [0.5, 0.6) is 0 Å². The van der Waals surface area contributed by atoms with Crippen molar-refractivity contribution in [2.45, 2.75) is 46.6 Å². The fourth-order valence-corrected chi connectivity index (χ4v) is 4.26. The van der Waals surface area contributed by atoms with Crippen LogP contribution in [-0.4, -0.2) is 21.2 Å². The fraction of sp³-hybridized carbons (Fsp3) is 0.333. The molecule has 5 rings (SSSR count). The Hall–Kier alpha value is -3.48. The van der Waals surface area contributed by atoms with E-state index >= 15 is 0 Å². The van der Waals surface area contributed by atoms with Crippen molar-refractivity contribution in [3.8, 4) is 11.5 Å². The molecule has 158 valence electrons. The van der Waals surface area contributed by atoms with Gasteiger partial charge in [-0.05, 0) is 56.7 Å². The molecule has 0 radical (unpaired) electrons. The molecule has 0 spiro atoms. The number of ether oxygens (including phenoxy) is 1. The highest BCUT2D eigenvalue weighted by Gasteiger charge is 2.26. The van der Waals surface area contributed by atoms with Gasteiger partial charge in [0, 0.05) is 11.1 Å². The van der Waals surface area contributed by atoms with Crippen molar-refractivity contribution in [2.75, 3.05) is 0 Å². The summed E-state index contributed by atoms with van der Waals surface area (Å²) in [4.78, 5) is 18.0. The number of esters is 1. The first kappa shape index (κ1) is 19.5. The first-order valence-corrected chi connectivity index (χ1v) is 10.5. The van der Waals surface area contributed by atoms with Crippen molar-refractivity contribution in [3.05, 3.63) is 64.6 Å². The second-order valence-corrected chi connectivity index (χ2v) is 8.18. The van der Waals surface area contributed by atoms with E-state index in [1.54, 1.807) is 0 Å². The first-order chi connectivity index (χ1) is 15.0. The zero-order valence-electron chi connectivity index (χ0n) is 17.8. The number of pyridine rings is 1. The third-order valence-corrected chi connectivity index (χ3v) is 5.77. The Balaban J connectivity index is 1.43. The van der Waals surface area contributed by atoms with Gasteiger partial charge in [0.1, 0.15) is 11.5 Å². The molecular formula is C24H23N3O4. The maximum absolute atomic E-state index is 13.2. The number of carbonyl (C=O) groups excluding carboxylic acids is 1. The quantitative estimate of drug-likeness (QED) is 0.433. The molecule has 0 amide bonds. The van der Waals surface area contributed by atoms with Crippen molar-refractivity contribution >= 4 is 16.9 Å². The zero-order chi connectivity index (χ0) is 21.5. The smallest absolute Gasteiger partial charge is 0.339 e. The Bertz CT molecular complexity index is 1290. The molecule has 0 N–H and O–H groups in total. The summed E-state index contributed by atoms with van der Waals surface area (Å²) in [7, 11) is 0. The Kier molecular flexibility index (Phi) is 4.81. The van der Waals surface area contributed by atoms with Crippen LogP contribution in [0.4, 0.5) is 0 Å². The van der Waals surface area contributed by atoms with E-state index in [0.29, 0.717) is 23.1 Å². The molecule has 0 aliphatic heterocycles. The predicted molar refractivity (Wildman–Crippen MR) is 114 cm³/mol. The maximum Gasteiger partial charge on any atom is 0.339 e. The molecule has 1 aliphatic rings. The lowest BCUT2D eigenvalue weighted by Gasteiger charge is -2.24. The van der Waals surface area contributed by atoms with E-state index in [-0.39, 0.29) is 18.5 Å². The van der Waals surface area contributed by atoms with Crippen molar-refractivity contribution in [1.82, 2.24) is 15.2 Å². The third-order valence-electron chi connectivity index (χ3n) is 5.77. The van der Waals surface area contributed by atoms with Crippen LogP contribution < -0.4 is 0 Å². The molecule has 0 bridgehead atoms. The van der Waals surface area contributed by atoms with Gasteiger partial charge < -0.3 is 13.6 Å². The van der Waals surface area contributed by atoms with E-state index in [9.17, 15) is 4.79 Å². The average molecular weight is 417 g/mol. The van der Waals surface area contributed by atoms with Crippen LogP contribution in [0.25, 0.3) is 22.4 Å². The summed E-state index contributed by atoms with van der Waals surface area (Å²) in [6.07, 6.45) is 2.77. The molecule has 31 heavy (non-hydrogen) atoms. The average Bonchev–Trinajstić information content (AvgIpc) is 3.35. The van der Waals surface area contributed by atoms with E-state index in [2.05, 4.69) is 17.1 Å². The Morgan fingerprint density at radius 2 is 2.03 bits per heavy atom. The van der Waals surface area contributed by atoms with Crippen LogP contribution in [-0.2, 0) is 24.2 Å². The molecule has 0 unspecified atom stereocenters. The van der Waals surface area contributed by atoms with Gasteiger partial charge in [-0.3, -0.25) is 4.98 Å². The van der Waals surface area contributed by atoms with Crippen LogP contribution in [0.15, 0.2) is 39.2 Å². The minimum Gasteiger partial charge on any atom is -0.466 e. The highest BCUT2D eigenvalue weighted by Crippen LogP contribution is 2.32. The van der Waals surface area contributed by atoms with Crippen LogP contribution in [0.1, 0.15) is 52.4 Å². The Labute approximate surface area is 179 Å². The Morgan fingerprint density at radius 3 is 2.84 bits per heavy atom. The maximum atomic E-state index is 13.2. The standard InChI is InChI=1S/C24H23N3O4/c1-13-8-9-20-18(10-13)22(16-6-4-5-7-19(16)25-20)24(28)29-12-21-26-27-23(31-21)17-11-14(2)30-15(17)3/h4-7,11,13H,8-10,12H2,1-3H3/t13-/m0/s1. The second kappa shape index (κ2) is 7.65. The number of para-hydroxylation sites is 1. The van der Waals surface area contributed by atoms with Gasteiger partial charge in [-0.1, -0.05) is 25.1 Å². The highest BCUT2D eigenvalue weighted by atomic mass is 16.5. The number of fused-ring (bicyclic) bond motifs is 2. The van der Waals surface area contributed by atoms with E-state index in [4.69, 9.17) is 18.6 Å². The number of aromatic nitrogens is 3. The summed E-state index contributed by atoms with van der Waals surface area (Å²) in [6.45, 7) is 5.80. The topological polar surface area (TPSA) is 91.2 Å². The molecular weight excluding hydrogens is 394 g/mol. The van der Waals surface area contributed by atoms with Crippen LogP contribution in [0.3, 0.4) is 0 Å². The number of benzene rings is 1. The summed E-state index contributed by atoms with van der Waals surface area (Å²) >= 11 is 0. The van der Waals surface area contributed by atoms with E-state index in [1.807, 2.05) is 44.2 Å². The minimum absolute atomic E-state index is 0.0946. The monoisotopic (exact) mass is 417 g/mol. The molecule has 0 saturated heterocycles. The number of rotatable bonds is 4. The number of hydrogen-bond donors (Lipinski definition) is 0. The largest absolute Gasteiger partial charge is 0.466 e. The SMILES string of the molecule is Cc1cc(-c2nnc(COC(=O)c3c4c(nc5ccccc35)CC[C@H](C)C4)o2)c(C)o1. The molecule has 3 aromatic heterocycles. The lowest BCUT2D eigenvalue weighted by Crippen LogP contribution is -2.19. The number of carbonyl (C=O) groups is 1. The number of aryl methyl sites for hydroxylation is 3. The molecule has 1 aromatic carbocycles. The van der Waals surface area contributed by atoms with Crippen molar-refractivity contribution in [1.29, 1.82) is 0 Å². The summed E-state index contributed by atoms with van der Waals surface area (Å²) in [6, 6.07) is 9.55. The molecule has 3 heterocycles. The van der Waals surface area contributed by atoms with Gasteiger partial charge in [-0.2, -0.15) is 0 Å². The van der Waals surface area contributed by atoms with Crippen molar-refractivity contribution in [3.63, 3.8) is 0 Å². The van der Waals surface area contributed by atoms with Crippen LogP contribution in [0.2, 0.25) is 0 Å².